The number of halogens is 6. The summed E-state index contributed by atoms with van der Waals surface area (Å²) in [4.78, 5) is 1.62. The summed E-state index contributed by atoms with van der Waals surface area (Å²) >= 11 is 5.54. The van der Waals surface area contributed by atoms with Gasteiger partial charge in [-0.05, 0) is 12.1 Å². The Kier molecular flexibility index (Phi) is 5.06. The zero-order valence-electron chi connectivity index (χ0n) is 11.0. The van der Waals surface area contributed by atoms with Gasteiger partial charge in [0.2, 0.25) is 0 Å². The maximum absolute atomic E-state index is 14.1. The third kappa shape index (κ3) is 3.64. The van der Waals surface area contributed by atoms with Crippen molar-refractivity contribution in [1.82, 2.24) is 10.2 Å². The molecule has 0 saturated carbocycles. The van der Waals surface area contributed by atoms with Gasteiger partial charge in [0.05, 0.1) is 16.6 Å². The second-order valence-electron chi connectivity index (χ2n) is 4.82. The van der Waals surface area contributed by atoms with Gasteiger partial charge in [-0.15, -0.1) is 0 Å². The molecule has 1 atom stereocenters. The fourth-order valence-electron chi connectivity index (χ4n) is 2.39. The molecule has 0 unspecified atom stereocenters. The molecular weight excluding hydrogens is 315 g/mol. The monoisotopic (exact) mass is 328 g/mol. The predicted molar refractivity (Wildman–Crippen MR) is 69.6 cm³/mol. The Morgan fingerprint density at radius 3 is 2.38 bits per heavy atom. The van der Waals surface area contributed by atoms with E-state index in [1.54, 1.807) is 4.90 Å². The number of nitrogens with one attached hydrogen (secondary N) is 1. The number of nitrogens with zero attached hydrogens (tertiary/aromatic N) is 1. The first kappa shape index (κ1) is 16.5. The topological polar surface area (TPSA) is 15.3 Å². The Morgan fingerprint density at radius 2 is 1.86 bits per heavy atom. The minimum atomic E-state index is -4.66. The SMILES string of the molecule is FC[C@@H](c1cc(C(F)(F)F)cc(Cl)c1F)N1CCNCC1. The van der Waals surface area contributed by atoms with Crippen LogP contribution in [-0.2, 0) is 6.18 Å². The summed E-state index contributed by atoms with van der Waals surface area (Å²) in [5, 5.41) is 2.40. The molecule has 1 saturated heterocycles. The minimum absolute atomic E-state index is 0.348. The molecule has 0 aromatic heterocycles. The summed E-state index contributed by atoms with van der Waals surface area (Å²) in [5.74, 6) is -0.995. The van der Waals surface area contributed by atoms with Gasteiger partial charge < -0.3 is 5.32 Å². The number of hydrogen-bond donors (Lipinski definition) is 1. The van der Waals surface area contributed by atoms with E-state index in [2.05, 4.69) is 5.32 Å². The van der Waals surface area contributed by atoms with E-state index in [1.165, 1.54) is 0 Å². The van der Waals surface area contributed by atoms with Crippen LogP contribution in [0.25, 0.3) is 0 Å². The van der Waals surface area contributed by atoms with Gasteiger partial charge in [-0.25, -0.2) is 8.78 Å². The average molecular weight is 329 g/mol. The lowest BCUT2D eigenvalue weighted by molar-refractivity contribution is -0.137. The van der Waals surface area contributed by atoms with E-state index in [9.17, 15) is 22.0 Å². The summed E-state index contributed by atoms with van der Waals surface area (Å²) in [5.41, 5.74) is -1.42. The zero-order valence-corrected chi connectivity index (χ0v) is 11.7. The zero-order chi connectivity index (χ0) is 15.6. The molecule has 21 heavy (non-hydrogen) atoms. The van der Waals surface area contributed by atoms with Crippen LogP contribution in [0.2, 0.25) is 5.02 Å². The molecule has 1 N–H and O–H groups in total. The summed E-state index contributed by atoms with van der Waals surface area (Å²) in [6.07, 6.45) is -4.66. The van der Waals surface area contributed by atoms with Crippen LogP contribution >= 0.6 is 11.6 Å². The quantitative estimate of drug-likeness (QED) is 0.855. The van der Waals surface area contributed by atoms with Gasteiger partial charge in [-0.1, -0.05) is 11.6 Å². The molecule has 1 aromatic carbocycles. The van der Waals surface area contributed by atoms with E-state index in [0.29, 0.717) is 38.3 Å². The van der Waals surface area contributed by atoms with Crippen LogP contribution in [0.5, 0.6) is 0 Å². The summed E-state index contributed by atoms with van der Waals surface area (Å²) in [6, 6.07) is 0.105. The van der Waals surface area contributed by atoms with E-state index in [0.717, 1.165) is 0 Å². The van der Waals surface area contributed by atoms with Gasteiger partial charge in [-0.2, -0.15) is 13.2 Å². The molecule has 118 valence electrons. The Bertz CT molecular complexity index is 500. The van der Waals surface area contributed by atoms with E-state index in [-0.39, 0.29) is 5.56 Å². The van der Waals surface area contributed by atoms with Crippen LogP contribution in [0.15, 0.2) is 12.1 Å². The van der Waals surface area contributed by atoms with Crippen molar-refractivity contribution in [3.05, 3.63) is 34.1 Å². The standard InChI is InChI=1S/C13H14ClF5N2/c14-10-6-8(13(17,18)19)5-9(12(10)16)11(7-15)21-3-1-20-2-4-21/h5-6,11,20H,1-4,7H2/t11-/m0/s1. The Balaban J connectivity index is 2.42. The van der Waals surface area contributed by atoms with Crippen molar-refractivity contribution in [3.8, 4) is 0 Å². The fraction of sp³-hybridized carbons (Fsp3) is 0.538. The first-order valence-electron chi connectivity index (χ1n) is 6.41. The molecule has 0 aliphatic carbocycles. The van der Waals surface area contributed by atoms with Crippen LogP contribution < -0.4 is 5.32 Å². The number of benzene rings is 1. The molecule has 1 aliphatic rings. The van der Waals surface area contributed by atoms with Crippen molar-refractivity contribution >= 4 is 11.6 Å². The fourth-order valence-corrected chi connectivity index (χ4v) is 2.61. The van der Waals surface area contributed by atoms with E-state index < -0.39 is 35.3 Å². The molecule has 8 heteroatoms. The number of piperazine rings is 1. The molecule has 1 heterocycles. The Morgan fingerprint density at radius 1 is 1.24 bits per heavy atom. The van der Waals surface area contributed by atoms with Gasteiger partial charge >= 0.3 is 6.18 Å². The Hall–Kier alpha value is -0.920. The Labute approximate surface area is 123 Å². The van der Waals surface area contributed by atoms with E-state index in [4.69, 9.17) is 11.6 Å². The van der Waals surface area contributed by atoms with Crippen LogP contribution in [0.3, 0.4) is 0 Å². The van der Waals surface area contributed by atoms with Crippen molar-refractivity contribution < 1.29 is 22.0 Å². The largest absolute Gasteiger partial charge is 0.416 e. The lowest BCUT2D eigenvalue weighted by atomic mass is 10.0. The third-order valence-corrected chi connectivity index (χ3v) is 3.76. The van der Waals surface area contributed by atoms with Gasteiger partial charge in [0.25, 0.3) is 0 Å². The molecule has 0 radical (unpaired) electrons. The van der Waals surface area contributed by atoms with Gasteiger partial charge in [0, 0.05) is 31.7 Å². The lowest BCUT2D eigenvalue weighted by Gasteiger charge is -2.34. The number of rotatable bonds is 3. The first-order chi connectivity index (χ1) is 9.84. The predicted octanol–water partition coefficient (Wildman–Crippen LogP) is 3.41. The summed E-state index contributed by atoms with van der Waals surface area (Å²) < 4.78 is 65.7. The van der Waals surface area contributed by atoms with Gasteiger partial charge in [0.1, 0.15) is 12.5 Å². The molecule has 1 aromatic rings. The molecule has 0 amide bonds. The normalized spacial score (nSPS) is 18.8. The van der Waals surface area contributed by atoms with Crippen molar-refractivity contribution in [2.24, 2.45) is 0 Å². The second-order valence-corrected chi connectivity index (χ2v) is 5.22. The molecule has 0 bridgehead atoms. The summed E-state index contributed by atoms with van der Waals surface area (Å²) in [7, 11) is 0. The molecule has 2 rings (SSSR count). The van der Waals surface area contributed by atoms with E-state index >= 15 is 0 Å². The first-order valence-corrected chi connectivity index (χ1v) is 6.79. The molecule has 1 aliphatic heterocycles. The third-order valence-electron chi connectivity index (χ3n) is 3.48. The highest BCUT2D eigenvalue weighted by Crippen LogP contribution is 2.36. The maximum atomic E-state index is 14.1. The number of hydrogen-bond acceptors (Lipinski definition) is 2. The van der Waals surface area contributed by atoms with Gasteiger partial charge in [-0.3, -0.25) is 4.90 Å². The number of alkyl halides is 4. The highest BCUT2D eigenvalue weighted by atomic mass is 35.5. The molecule has 2 nitrogen and oxygen atoms in total. The van der Waals surface area contributed by atoms with E-state index in [1.807, 2.05) is 0 Å². The van der Waals surface area contributed by atoms with Crippen molar-refractivity contribution in [2.45, 2.75) is 12.2 Å². The molecular formula is C13H14ClF5N2. The average Bonchev–Trinajstić information content (AvgIpc) is 2.44. The molecule has 1 fully saturated rings. The van der Waals surface area contributed by atoms with Crippen LogP contribution in [0.4, 0.5) is 22.0 Å². The maximum Gasteiger partial charge on any atom is 0.416 e. The smallest absolute Gasteiger partial charge is 0.314 e. The van der Waals surface area contributed by atoms with Crippen molar-refractivity contribution in [2.75, 3.05) is 32.9 Å². The second kappa shape index (κ2) is 6.46. The van der Waals surface area contributed by atoms with Crippen molar-refractivity contribution in [3.63, 3.8) is 0 Å². The summed E-state index contributed by atoms with van der Waals surface area (Å²) in [6.45, 7) is 1.04. The van der Waals surface area contributed by atoms with Crippen LogP contribution in [0, 0.1) is 5.82 Å². The molecule has 0 spiro atoms. The van der Waals surface area contributed by atoms with Gasteiger partial charge in [0.15, 0.2) is 0 Å². The van der Waals surface area contributed by atoms with Crippen molar-refractivity contribution in [1.29, 1.82) is 0 Å². The van der Waals surface area contributed by atoms with Crippen LogP contribution in [-0.4, -0.2) is 37.8 Å². The minimum Gasteiger partial charge on any atom is -0.314 e. The highest BCUT2D eigenvalue weighted by Gasteiger charge is 2.34. The lowest BCUT2D eigenvalue weighted by Crippen LogP contribution is -2.46. The highest BCUT2D eigenvalue weighted by molar-refractivity contribution is 6.30. The van der Waals surface area contributed by atoms with Crippen LogP contribution in [0.1, 0.15) is 17.2 Å².